The van der Waals surface area contributed by atoms with E-state index in [4.69, 9.17) is 4.42 Å². The third-order valence-corrected chi connectivity index (χ3v) is 2.92. The number of carbonyl (C=O) groups is 1. The number of halogens is 3. The van der Waals surface area contributed by atoms with Crippen molar-refractivity contribution in [2.45, 2.75) is 0 Å². The molecule has 116 valence electrons. The van der Waals surface area contributed by atoms with Crippen LogP contribution in [0, 0.1) is 17.5 Å². The maximum Gasteiger partial charge on any atom is 0.313 e. The van der Waals surface area contributed by atoms with Gasteiger partial charge in [0.25, 0.3) is 0 Å². The van der Waals surface area contributed by atoms with Gasteiger partial charge in [-0.1, -0.05) is 18.2 Å². The molecule has 3 aromatic rings. The normalized spacial score (nSPS) is 10.6. The highest BCUT2D eigenvalue weighted by atomic mass is 19.2. The molecule has 0 atom stereocenters. The van der Waals surface area contributed by atoms with E-state index in [1.54, 1.807) is 30.3 Å². The minimum atomic E-state index is -1.68. The molecule has 1 amide bonds. The molecule has 1 N–H and O–H groups in total. The highest BCUT2D eigenvalue weighted by molar-refractivity contribution is 6.01. The SMILES string of the molecule is O=C(Nc1ccc(F)c(F)c1F)c1nnc(-c2ccccc2)o1. The largest absolute Gasteiger partial charge is 0.412 e. The lowest BCUT2D eigenvalue weighted by Crippen LogP contribution is -2.14. The van der Waals surface area contributed by atoms with E-state index in [9.17, 15) is 18.0 Å². The van der Waals surface area contributed by atoms with E-state index in [1.807, 2.05) is 5.32 Å². The number of rotatable bonds is 3. The number of aromatic nitrogens is 2. The van der Waals surface area contributed by atoms with Crippen molar-refractivity contribution in [2.75, 3.05) is 5.32 Å². The first-order chi connectivity index (χ1) is 11.1. The molecule has 0 bridgehead atoms. The summed E-state index contributed by atoms with van der Waals surface area (Å²) in [6, 6.07) is 10.3. The summed E-state index contributed by atoms with van der Waals surface area (Å²) in [5.41, 5.74) is 0.0615. The Bertz CT molecular complexity index is 866. The Hall–Kier alpha value is -3.16. The van der Waals surface area contributed by atoms with Crippen LogP contribution in [0.25, 0.3) is 11.5 Å². The zero-order valence-electron chi connectivity index (χ0n) is 11.4. The second-order valence-corrected chi connectivity index (χ2v) is 4.46. The van der Waals surface area contributed by atoms with Gasteiger partial charge in [0.15, 0.2) is 17.5 Å². The summed E-state index contributed by atoms with van der Waals surface area (Å²) in [6.45, 7) is 0. The van der Waals surface area contributed by atoms with E-state index >= 15 is 0 Å². The first-order valence-electron chi connectivity index (χ1n) is 6.40. The number of nitrogens with one attached hydrogen (secondary N) is 1. The quantitative estimate of drug-likeness (QED) is 0.751. The number of amides is 1. The Morgan fingerprint density at radius 1 is 0.957 bits per heavy atom. The van der Waals surface area contributed by atoms with Crippen molar-refractivity contribution in [3.63, 3.8) is 0 Å². The summed E-state index contributed by atoms with van der Waals surface area (Å²) in [4.78, 5) is 11.9. The van der Waals surface area contributed by atoms with Gasteiger partial charge in [-0.2, -0.15) is 0 Å². The summed E-state index contributed by atoms with van der Waals surface area (Å²) < 4.78 is 44.6. The lowest BCUT2D eigenvalue weighted by molar-refractivity contribution is 0.0990. The Balaban J connectivity index is 1.82. The fourth-order valence-electron chi connectivity index (χ4n) is 1.81. The summed E-state index contributed by atoms with van der Waals surface area (Å²) in [7, 11) is 0. The molecule has 0 spiro atoms. The molecule has 0 saturated heterocycles. The minimum absolute atomic E-state index is 0.0986. The van der Waals surface area contributed by atoms with Crippen molar-refractivity contribution in [2.24, 2.45) is 0 Å². The summed E-state index contributed by atoms with van der Waals surface area (Å²) >= 11 is 0. The van der Waals surface area contributed by atoms with Crippen LogP contribution in [0.5, 0.6) is 0 Å². The molecule has 1 aromatic heterocycles. The number of nitrogens with zero attached hydrogens (tertiary/aromatic N) is 2. The lowest BCUT2D eigenvalue weighted by Gasteiger charge is -2.04. The van der Waals surface area contributed by atoms with Gasteiger partial charge in [0.1, 0.15) is 0 Å². The van der Waals surface area contributed by atoms with Crippen molar-refractivity contribution in [3.05, 3.63) is 65.8 Å². The van der Waals surface area contributed by atoms with Gasteiger partial charge in [0, 0.05) is 5.56 Å². The molecule has 0 fully saturated rings. The number of anilines is 1. The molecule has 0 aliphatic rings. The van der Waals surface area contributed by atoms with Crippen LogP contribution in [0.15, 0.2) is 46.9 Å². The Morgan fingerprint density at radius 2 is 1.70 bits per heavy atom. The monoisotopic (exact) mass is 319 g/mol. The van der Waals surface area contributed by atoms with Crippen molar-refractivity contribution >= 4 is 11.6 Å². The molecular weight excluding hydrogens is 311 g/mol. The number of hydrogen-bond donors (Lipinski definition) is 1. The molecule has 5 nitrogen and oxygen atoms in total. The van der Waals surface area contributed by atoms with E-state index in [2.05, 4.69) is 10.2 Å². The van der Waals surface area contributed by atoms with Crippen LogP contribution in [0.1, 0.15) is 10.7 Å². The van der Waals surface area contributed by atoms with Gasteiger partial charge in [-0.3, -0.25) is 4.79 Å². The molecule has 3 rings (SSSR count). The van der Waals surface area contributed by atoms with Crippen LogP contribution >= 0.6 is 0 Å². The highest BCUT2D eigenvalue weighted by Crippen LogP contribution is 2.21. The predicted octanol–water partition coefficient (Wildman–Crippen LogP) is 3.41. The number of benzene rings is 2. The van der Waals surface area contributed by atoms with Crippen molar-refractivity contribution in [1.82, 2.24) is 10.2 Å². The van der Waals surface area contributed by atoms with Crippen LogP contribution < -0.4 is 5.32 Å². The van der Waals surface area contributed by atoms with Crippen LogP contribution in [0.3, 0.4) is 0 Å². The molecule has 0 radical (unpaired) electrons. The summed E-state index contributed by atoms with van der Waals surface area (Å²) in [5.74, 6) is -5.83. The molecule has 0 aliphatic carbocycles. The standard InChI is InChI=1S/C15H8F3N3O2/c16-9-6-7-10(12(18)11(9)17)19-13(22)15-21-20-14(23-15)8-4-2-1-3-5-8/h1-7H,(H,19,22). The van der Waals surface area contributed by atoms with Crippen LogP contribution in [0.2, 0.25) is 0 Å². The fourth-order valence-corrected chi connectivity index (χ4v) is 1.81. The zero-order valence-corrected chi connectivity index (χ0v) is 11.4. The number of carbonyl (C=O) groups excluding carboxylic acids is 1. The van der Waals surface area contributed by atoms with Gasteiger partial charge in [-0.05, 0) is 24.3 Å². The van der Waals surface area contributed by atoms with E-state index in [0.717, 1.165) is 6.07 Å². The highest BCUT2D eigenvalue weighted by Gasteiger charge is 2.20. The first-order valence-corrected chi connectivity index (χ1v) is 6.40. The van der Waals surface area contributed by atoms with Gasteiger partial charge in [-0.15, -0.1) is 10.2 Å². The van der Waals surface area contributed by atoms with Crippen molar-refractivity contribution in [1.29, 1.82) is 0 Å². The maximum absolute atomic E-state index is 13.5. The third-order valence-electron chi connectivity index (χ3n) is 2.92. The Labute approximate surface area is 127 Å². The van der Waals surface area contributed by atoms with Gasteiger partial charge < -0.3 is 9.73 Å². The molecule has 1 heterocycles. The van der Waals surface area contributed by atoms with E-state index in [0.29, 0.717) is 11.6 Å². The van der Waals surface area contributed by atoms with Gasteiger partial charge in [0.2, 0.25) is 5.89 Å². The smallest absolute Gasteiger partial charge is 0.313 e. The molecule has 0 saturated carbocycles. The Morgan fingerprint density at radius 3 is 2.43 bits per heavy atom. The van der Waals surface area contributed by atoms with Crippen molar-refractivity contribution in [3.8, 4) is 11.5 Å². The topological polar surface area (TPSA) is 68.0 Å². The molecular formula is C15H8F3N3O2. The molecule has 23 heavy (non-hydrogen) atoms. The van der Waals surface area contributed by atoms with Crippen LogP contribution in [-0.4, -0.2) is 16.1 Å². The molecule has 8 heteroatoms. The molecule has 0 unspecified atom stereocenters. The average molecular weight is 319 g/mol. The summed E-state index contributed by atoms with van der Waals surface area (Å²) in [5, 5.41) is 9.28. The van der Waals surface area contributed by atoms with Gasteiger partial charge in [-0.25, -0.2) is 13.2 Å². The van der Waals surface area contributed by atoms with E-state index in [1.165, 1.54) is 0 Å². The van der Waals surface area contributed by atoms with Crippen molar-refractivity contribution < 1.29 is 22.4 Å². The zero-order chi connectivity index (χ0) is 16.4. The molecule has 0 aliphatic heterocycles. The average Bonchev–Trinajstić information content (AvgIpc) is 3.06. The van der Waals surface area contributed by atoms with Crippen LogP contribution in [0.4, 0.5) is 18.9 Å². The predicted molar refractivity (Wildman–Crippen MR) is 74.0 cm³/mol. The number of hydrogen-bond acceptors (Lipinski definition) is 4. The minimum Gasteiger partial charge on any atom is -0.412 e. The third kappa shape index (κ3) is 2.91. The fraction of sp³-hybridized carbons (Fsp3) is 0. The van der Waals surface area contributed by atoms with E-state index in [-0.39, 0.29) is 5.89 Å². The maximum atomic E-state index is 13.5. The Kier molecular flexibility index (Phi) is 3.80. The van der Waals surface area contributed by atoms with Crippen LogP contribution in [-0.2, 0) is 0 Å². The summed E-state index contributed by atoms with van der Waals surface area (Å²) in [6.07, 6.45) is 0. The lowest BCUT2D eigenvalue weighted by atomic mass is 10.2. The van der Waals surface area contributed by atoms with Gasteiger partial charge in [0.05, 0.1) is 5.69 Å². The second-order valence-electron chi connectivity index (χ2n) is 4.46. The van der Waals surface area contributed by atoms with E-state index < -0.39 is 34.9 Å². The second kappa shape index (κ2) is 5.91. The molecule has 2 aromatic carbocycles. The first kappa shape index (κ1) is 14.8. The van der Waals surface area contributed by atoms with Gasteiger partial charge >= 0.3 is 11.8 Å².